The predicted molar refractivity (Wildman–Crippen MR) is 254 cm³/mol. The summed E-state index contributed by atoms with van der Waals surface area (Å²) in [7, 11) is 0. The van der Waals surface area contributed by atoms with Gasteiger partial charge in [0.15, 0.2) is 0 Å². The molecule has 0 atom stereocenters. The van der Waals surface area contributed by atoms with Crippen molar-refractivity contribution in [2.45, 2.75) is 5.41 Å². The molecule has 0 spiro atoms. The van der Waals surface area contributed by atoms with Crippen molar-refractivity contribution in [1.82, 2.24) is 0 Å². The molecule has 10 aromatic carbocycles. The summed E-state index contributed by atoms with van der Waals surface area (Å²) < 4.78 is 6.17. The monoisotopic (exact) mass is 777 g/mol. The Balaban J connectivity index is 1.05. The molecule has 0 amide bonds. The van der Waals surface area contributed by atoms with Crippen LogP contribution in [0.1, 0.15) is 22.3 Å². The number of hydrogen-bond acceptors (Lipinski definition) is 2. The Labute approximate surface area is 355 Å². The third kappa shape index (κ3) is 5.64. The first kappa shape index (κ1) is 35.0. The van der Waals surface area contributed by atoms with E-state index < -0.39 is 5.41 Å². The average Bonchev–Trinajstić information content (AvgIpc) is 3.86. The van der Waals surface area contributed by atoms with Gasteiger partial charge in [-0.3, -0.25) is 0 Å². The fourth-order valence-corrected chi connectivity index (χ4v) is 9.92. The smallest absolute Gasteiger partial charge is 0.135 e. The fourth-order valence-electron chi connectivity index (χ4n) is 9.92. The Morgan fingerprint density at radius 2 is 0.902 bits per heavy atom. The summed E-state index contributed by atoms with van der Waals surface area (Å²) in [5.74, 6) is 0. The van der Waals surface area contributed by atoms with E-state index in [1.807, 2.05) is 12.1 Å². The molecule has 1 aliphatic carbocycles. The van der Waals surface area contributed by atoms with Crippen LogP contribution in [0.25, 0.3) is 66.1 Å². The first-order valence-corrected chi connectivity index (χ1v) is 21.0. The lowest BCUT2D eigenvalue weighted by molar-refractivity contribution is 0.669. The van der Waals surface area contributed by atoms with Gasteiger partial charge in [-0.1, -0.05) is 176 Å². The van der Waals surface area contributed by atoms with E-state index in [2.05, 4.69) is 229 Å². The zero-order chi connectivity index (χ0) is 40.3. The molecule has 0 N–H and O–H groups in total. The molecule has 0 aliphatic heterocycles. The minimum absolute atomic E-state index is 0.511. The molecule has 0 fully saturated rings. The summed E-state index contributed by atoms with van der Waals surface area (Å²) in [6.07, 6.45) is 0. The maximum atomic E-state index is 6.17. The van der Waals surface area contributed by atoms with Crippen molar-refractivity contribution in [3.05, 3.63) is 259 Å². The number of fused-ring (bicyclic) bond motifs is 7. The van der Waals surface area contributed by atoms with Gasteiger partial charge in [0.25, 0.3) is 0 Å². The second-order valence-corrected chi connectivity index (χ2v) is 16.1. The lowest BCUT2D eigenvalue weighted by Crippen LogP contribution is -2.28. The molecule has 12 rings (SSSR count). The number of furan rings is 1. The Hall–Kier alpha value is -7.94. The van der Waals surface area contributed by atoms with E-state index in [0.29, 0.717) is 0 Å². The van der Waals surface area contributed by atoms with Crippen LogP contribution < -0.4 is 4.90 Å². The van der Waals surface area contributed by atoms with Crippen LogP contribution in [0.2, 0.25) is 0 Å². The standard InChI is InChI=1S/C59H39NO/c1-3-17-46(18-4-1)59(47-19-5-2-6-20-47)55-24-11-9-22-51(55)52-34-33-50(39-56(52)59)60(49-21-13-16-43(37-49)44-27-26-40-14-7-8-15-42(40)36-44)48-31-28-41(29-32-48)45-30-35-58-54(38-45)53-23-10-12-25-57(53)61-58/h1-39H. The summed E-state index contributed by atoms with van der Waals surface area (Å²) in [4.78, 5) is 2.42. The average molecular weight is 778 g/mol. The molecule has 2 nitrogen and oxygen atoms in total. The van der Waals surface area contributed by atoms with Gasteiger partial charge in [0.2, 0.25) is 0 Å². The molecule has 61 heavy (non-hydrogen) atoms. The van der Waals surface area contributed by atoms with E-state index in [1.165, 1.54) is 55.3 Å². The Morgan fingerprint density at radius 1 is 0.311 bits per heavy atom. The van der Waals surface area contributed by atoms with E-state index in [0.717, 1.165) is 50.1 Å². The summed E-state index contributed by atoms with van der Waals surface area (Å²) in [6.45, 7) is 0. The summed E-state index contributed by atoms with van der Waals surface area (Å²) in [5, 5.41) is 4.73. The van der Waals surface area contributed by atoms with Crippen molar-refractivity contribution < 1.29 is 4.42 Å². The highest BCUT2D eigenvalue weighted by Crippen LogP contribution is 2.57. The number of benzene rings is 10. The largest absolute Gasteiger partial charge is 0.456 e. The topological polar surface area (TPSA) is 16.4 Å². The van der Waals surface area contributed by atoms with Gasteiger partial charge in [0.1, 0.15) is 11.2 Å². The highest BCUT2D eigenvalue weighted by molar-refractivity contribution is 6.06. The molecule has 0 bridgehead atoms. The number of hydrogen-bond donors (Lipinski definition) is 0. The van der Waals surface area contributed by atoms with Crippen molar-refractivity contribution in [2.24, 2.45) is 0 Å². The normalized spacial score (nSPS) is 12.7. The quantitative estimate of drug-likeness (QED) is 0.160. The van der Waals surface area contributed by atoms with E-state index >= 15 is 0 Å². The van der Waals surface area contributed by atoms with Crippen LogP contribution in [-0.2, 0) is 5.41 Å². The molecule has 1 aliphatic rings. The van der Waals surface area contributed by atoms with Crippen LogP contribution in [0.5, 0.6) is 0 Å². The molecule has 0 saturated carbocycles. The predicted octanol–water partition coefficient (Wildman–Crippen LogP) is 15.9. The van der Waals surface area contributed by atoms with Crippen LogP contribution >= 0.6 is 0 Å². The minimum Gasteiger partial charge on any atom is -0.456 e. The molecule has 1 aromatic heterocycles. The van der Waals surface area contributed by atoms with Crippen molar-refractivity contribution >= 4 is 49.8 Å². The third-order valence-corrected chi connectivity index (χ3v) is 12.7. The van der Waals surface area contributed by atoms with Gasteiger partial charge >= 0.3 is 0 Å². The van der Waals surface area contributed by atoms with Crippen LogP contribution in [0.4, 0.5) is 17.1 Å². The first-order chi connectivity index (χ1) is 30.2. The van der Waals surface area contributed by atoms with Gasteiger partial charge in [-0.2, -0.15) is 0 Å². The van der Waals surface area contributed by atoms with Crippen molar-refractivity contribution in [3.63, 3.8) is 0 Å². The highest BCUT2D eigenvalue weighted by atomic mass is 16.3. The molecule has 0 saturated heterocycles. The fraction of sp³-hybridized carbons (Fsp3) is 0.0169. The van der Waals surface area contributed by atoms with E-state index in [-0.39, 0.29) is 0 Å². The second kappa shape index (κ2) is 14.1. The SMILES string of the molecule is c1ccc(C2(c3ccccc3)c3ccccc3-c3ccc(N(c4ccc(-c5ccc6oc7ccccc7c6c5)cc4)c4cccc(-c5ccc6ccccc6c5)c4)cc32)cc1. The molecule has 1 heterocycles. The minimum atomic E-state index is -0.511. The summed E-state index contributed by atoms with van der Waals surface area (Å²) in [5.41, 5.74) is 16.8. The van der Waals surface area contributed by atoms with E-state index in [9.17, 15) is 0 Å². The number of nitrogens with zero attached hydrogens (tertiary/aromatic N) is 1. The lowest BCUT2D eigenvalue weighted by atomic mass is 9.67. The molecular formula is C59H39NO. The van der Waals surface area contributed by atoms with Crippen LogP contribution in [0.3, 0.4) is 0 Å². The van der Waals surface area contributed by atoms with Gasteiger partial charge in [-0.15, -0.1) is 0 Å². The first-order valence-electron chi connectivity index (χ1n) is 21.0. The Kier molecular flexibility index (Phi) is 8.11. The van der Waals surface area contributed by atoms with Gasteiger partial charge in [-0.25, -0.2) is 0 Å². The highest BCUT2D eigenvalue weighted by Gasteiger charge is 2.46. The van der Waals surface area contributed by atoms with Gasteiger partial charge in [0.05, 0.1) is 5.41 Å². The van der Waals surface area contributed by atoms with Crippen molar-refractivity contribution in [1.29, 1.82) is 0 Å². The zero-order valence-corrected chi connectivity index (χ0v) is 33.4. The lowest BCUT2D eigenvalue weighted by Gasteiger charge is -2.35. The van der Waals surface area contributed by atoms with Crippen LogP contribution in [-0.4, -0.2) is 0 Å². The molecule has 11 aromatic rings. The van der Waals surface area contributed by atoms with Gasteiger partial charge < -0.3 is 9.32 Å². The third-order valence-electron chi connectivity index (χ3n) is 12.7. The maximum Gasteiger partial charge on any atom is 0.135 e. The molecule has 2 heteroatoms. The molecule has 0 radical (unpaired) electrons. The van der Waals surface area contributed by atoms with Crippen molar-refractivity contribution in [3.8, 4) is 33.4 Å². The Bertz CT molecular complexity index is 3380. The second-order valence-electron chi connectivity index (χ2n) is 16.1. The maximum absolute atomic E-state index is 6.17. The number of rotatable bonds is 7. The van der Waals surface area contributed by atoms with Crippen LogP contribution in [0, 0.1) is 0 Å². The number of anilines is 3. The van der Waals surface area contributed by atoms with Crippen LogP contribution in [0.15, 0.2) is 241 Å². The van der Waals surface area contributed by atoms with E-state index in [4.69, 9.17) is 4.42 Å². The van der Waals surface area contributed by atoms with Crippen molar-refractivity contribution in [2.75, 3.05) is 4.90 Å². The zero-order valence-electron chi connectivity index (χ0n) is 33.4. The summed E-state index contributed by atoms with van der Waals surface area (Å²) in [6, 6.07) is 86.3. The number of para-hydroxylation sites is 1. The Morgan fingerprint density at radius 3 is 1.72 bits per heavy atom. The van der Waals surface area contributed by atoms with Gasteiger partial charge in [-0.05, 0) is 127 Å². The molecule has 286 valence electrons. The molecule has 0 unspecified atom stereocenters. The van der Waals surface area contributed by atoms with Gasteiger partial charge in [0, 0.05) is 27.8 Å². The summed E-state index contributed by atoms with van der Waals surface area (Å²) >= 11 is 0. The van der Waals surface area contributed by atoms with E-state index in [1.54, 1.807) is 0 Å². The molecular weight excluding hydrogens is 739 g/mol.